The quantitative estimate of drug-likeness (QED) is 0.205. The minimum absolute atomic E-state index is 0.438. The first-order valence-corrected chi connectivity index (χ1v) is 13.2. The van der Waals surface area contributed by atoms with Crippen LogP contribution in [0.2, 0.25) is 0 Å². The summed E-state index contributed by atoms with van der Waals surface area (Å²) in [6.45, 7) is 13.4. The number of rotatable bonds is 15. The van der Waals surface area contributed by atoms with Gasteiger partial charge in [-0.1, -0.05) is 12.2 Å². The summed E-state index contributed by atoms with van der Waals surface area (Å²) in [7, 11) is 0. The third kappa shape index (κ3) is 7.73. The summed E-state index contributed by atoms with van der Waals surface area (Å²) in [5.74, 6) is 1.37. The molecule has 7 nitrogen and oxygen atoms in total. The summed E-state index contributed by atoms with van der Waals surface area (Å²) < 4.78 is 17.4. The van der Waals surface area contributed by atoms with E-state index in [2.05, 4.69) is 39.8 Å². The molecule has 3 aromatic rings. The van der Waals surface area contributed by atoms with Gasteiger partial charge in [0.2, 0.25) is 5.95 Å². The van der Waals surface area contributed by atoms with Crippen molar-refractivity contribution in [2.45, 2.75) is 26.1 Å². The van der Waals surface area contributed by atoms with Crippen LogP contribution in [0.4, 0.5) is 11.6 Å². The van der Waals surface area contributed by atoms with Crippen LogP contribution in [0.15, 0.2) is 67.2 Å². The largest absolute Gasteiger partial charge is 0.492 e. The molecule has 1 saturated heterocycles. The van der Waals surface area contributed by atoms with Crippen LogP contribution in [-0.4, -0.2) is 54.3 Å². The van der Waals surface area contributed by atoms with Crippen LogP contribution < -0.4 is 10.1 Å². The van der Waals surface area contributed by atoms with Crippen molar-refractivity contribution in [3.05, 3.63) is 77.7 Å². The Morgan fingerprint density at radius 3 is 2.64 bits per heavy atom. The molecule has 1 aliphatic heterocycles. The summed E-state index contributed by atoms with van der Waals surface area (Å²) in [5.41, 5.74) is 3.75. The molecule has 3 heterocycles. The SMILES string of the molecule is C=CCOCc1cc(-c2ccnc(Nc3ccc(OCCN4CCCC4)c(COCC=C)c3)n2)cs1. The maximum Gasteiger partial charge on any atom is 0.227 e. The van der Waals surface area contributed by atoms with Gasteiger partial charge in [0.1, 0.15) is 12.4 Å². The average molecular weight is 507 g/mol. The Morgan fingerprint density at radius 2 is 1.83 bits per heavy atom. The van der Waals surface area contributed by atoms with Crippen LogP contribution in [0.25, 0.3) is 11.3 Å². The highest BCUT2D eigenvalue weighted by Crippen LogP contribution is 2.28. The van der Waals surface area contributed by atoms with Crippen molar-refractivity contribution in [1.82, 2.24) is 14.9 Å². The Morgan fingerprint density at radius 1 is 1.03 bits per heavy atom. The molecule has 8 heteroatoms. The molecule has 0 spiro atoms. The van der Waals surface area contributed by atoms with E-state index in [9.17, 15) is 0 Å². The number of nitrogens with one attached hydrogen (secondary N) is 1. The molecule has 0 amide bonds. The van der Waals surface area contributed by atoms with E-state index in [1.54, 1.807) is 29.7 Å². The zero-order valence-corrected chi connectivity index (χ0v) is 21.5. The molecule has 0 saturated carbocycles. The molecule has 1 aliphatic rings. The number of likely N-dealkylation sites (tertiary alicyclic amines) is 1. The second-order valence-electron chi connectivity index (χ2n) is 8.52. The first kappa shape index (κ1) is 26.0. The monoisotopic (exact) mass is 506 g/mol. The van der Waals surface area contributed by atoms with Gasteiger partial charge >= 0.3 is 0 Å². The standard InChI is InChI=1S/C28H34N4O3S/c1-3-14-33-19-22-17-24(7-8-27(22)35-16-13-32-11-5-6-12-32)30-28-29-10-9-26(31-28)23-18-25(36-21-23)20-34-15-4-2/h3-4,7-10,17-18,21H,1-2,5-6,11-16,19-20H2,(H,29,30,31). The first-order valence-electron chi connectivity index (χ1n) is 12.3. The fourth-order valence-corrected chi connectivity index (χ4v) is 4.81. The minimum Gasteiger partial charge on any atom is -0.492 e. The van der Waals surface area contributed by atoms with Gasteiger partial charge in [-0.05, 0) is 56.3 Å². The van der Waals surface area contributed by atoms with Crippen molar-refractivity contribution in [3.63, 3.8) is 0 Å². The van der Waals surface area contributed by atoms with Crippen LogP contribution in [0.5, 0.6) is 5.75 Å². The highest BCUT2D eigenvalue weighted by Gasteiger charge is 2.13. The summed E-state index contributed by atoms with van der Waals surface area (Å²) in [6.07, 6.45) is 7.82. The molecule has 0 radical (unpaired) electrons. The van der Waals surface area contributed by atoms with Gasteiger partial charge in [0.25, 0.3) is 0 Å². The molecule has 0 bridgehead atoms. The Balaban J connectivity index is 1.42. The molecule has 0 atom stereocenters. The van der Waals surface area contributed by atoms with Gasteiger partial charge in [0, 0.05) is 39.8 Å². The van der Waals surface area contributed by atoms with E-state index < -0.39 is 0 Å². The molecule has 0 unspecified atom stereocenters. The van der Waals surface area contributed by atoms with Crippen LogP contribution >= 0.6 is 11.3 Å². The molecule has 2 aromatic heterocycles. The second-order valence-corrected chi connectivity index (χ2v) is 9.52. The molecule has 36 heavy (non-hydrogen) atoms. The smallest absolute Gasteiger partial charge is 0.227 e. The van der Waals surface area contributed by atoms with Gasteiger partial charge in [0.05, 0.1) is 32.1 Å². The zero-order chi connectivity index (χ0) is 25.0. The van der Waals surface area contributed by atoms with Gasteiger partial charge in [-0.3, -0.25) is 4.90 Å². The average Bonchev–Trinajstić information content (AvgIpc) is 3.58. The third-order valence-corrected chi connectivity index (χ3v) is 6.67. The molecule has 1 N–H and O–H groups in total. The molecule has 190 valence electrons. The predicted octanol–water partition coefficient (Wildman–Crippen LogP) is 5.83. The minimum atomic E-state index is 0.438. The molecular weight excluding hydrogens is 472 g/mol. The fourth-order valence-electron chi connectivity index (χ4n) is 4.00. The van der Waals surface area contributed by atoms with E-state index in [0.29, 0.717) is 39.0 Å². The number of hydrogen-bond donors (Lipinski definition) is 1. The Hall–Kier alpha value is -3.04. The molecule has 4 rings (SSSR count). The fraction of sp³-hybridized carbons (Fsp3) is 0.357. The number of aromatic nitrogens is 2. The summed E-state index contributed by atoms with van der Waals surface area (Å²) in [6, 6.07) is 10.0. The summed E-state index contributed by atoms with van der Waals surface area (Å²) in [5, 5.41) is 5.41. The third-order valence-electron chi connectivity index (χ3n) is 5.76. The van der Waals surface area contributed by atoms with E-state index in [0.717, 1.165) is 52.8 Å². The van der Waals surface area contributed by atoms with Crippen LogP contribution in [0, 0.1) is 0 Å². The number of thiophene rings is 1. The summed E-state index contributed by atoms with van der Waals surface area (Å²) in [4.78, 5) is 12.7. The number of anilines is 2. The maximum atomic E-state index is 6.13. The van der Waals surface area contributed by atoms with E-state index in [-0.39, 0.29) is 0 Å². The van der Waals surface area contributed by atoms with Gasteiger partial charge < -0.3 is 19.5 Å². The normalized spacial score (nSPS) is 13.6. The lowest BCUT2D eigenvalue weighted by molar-refractivity contribution is 0.144. The van der Waals surface area contributed by atoms with Gasteiger partial charge in [-0.25, -0.2) is 9.97 Å². The molecule has 0 aliphatic carbocycles. The Kier molecular flexibility index (Phi) is 10.0. The zero-order valence-electron chi connectivity index (χ0n) is 20.7. The lowest BCUT2D eigenvalue weighted by atomic mass is 10.2. The van der Waals surface area contributed by atoms with E-state index in [1.165, 1.54) is 12.8 Å². The van der Waals surface area contributed by atoms with E-state index in [4.69, 9.17) is 19.2 Å². The maximum absolute atomic E-state index is 6.13. The Labute approximate surface area is 217 Å². The topological polar surface area (TPSA) is 68.7 Å². The highest BCUT2D eigenvalue weighted by atomic mass is 32.1. The number of ether oxygens (including phenoxy) is 3. The van der Waals surface area contributed by atoms with E-state index in [1.807, 2.05) is 24.3 Å². The van der Waals surface area contributed by atoms with E-state index >= 15 is 0 Å². The second kappa shape index (κ2) is 13.9. The van der Waals surface area contributed by atoms with Crippen molar-refractivity contribution in [2.75, 3.05) is 44.8 Å². The number of benzene rings is 1. The first-order chi connectivity index (χ1) is 17.7. The van der Waals surface area contributed by atoms with Crippen molar-refractivity contribution in [3.8, 4) is 17.0 Å². The summed E-state index contributed by atoms with van der Waals surface area (Å²) >= 11 is 1.65. The van der Waals surface area contributed by atoms with Crippen LogP contribution in [0.1, 0.15) is 23.3 Å². The predicted molar refractivity (Wildman–Crippen MR) is 146 cm³/mol. The number of nitrogens with zero attached hydrogens (tertiary/aromatic N) is 3. The number of hydrogen-bond acceptors (Lipinski definition) is 8. The highest BCUT2D eigenvalue weighted by molar-refractivity contribution is 7.10. The van der Waals surface area contributed by atoms with Crippen LogP contribution in [-0.2, 0) is 22.7 Å². The van der Waals surface area contributed by atoms with Crippen LogP contribution in [0.3, 0.4) is 0 Å². The van der Waals surface area contributed by atoms with Crippen molar-refractivity contribution in [2.24, 2.45) is 0 Å². The van der Waals surface area contributed by atoms with Crippen molar-refractivity contribution in [1.29, 1.82) is 0 Å². The molecule has 1 fully saturated rings. The van der Waals surface area contributed by atoms with Crippen molar-refractivity contribution >= 4 is 23.0 Å². The molecule has 1 aromatic carbocycles. The van der Waals surface area contributed by atoms with Gasteiger partial charge in [-0.2, -0.15) is 0 Å². The Bertz CT molecular complexity index is 1130. The van der Waals surface area contributed by atoms with Gasteiger partial charge in [-0.15, -0.1) is 24.5 Å². The van der Waals surface area contributed by atoms with Crippen molar-refractivity contribution < 1.29 is 14.2 Å². The molecular formula is C28H34N4O3S. The van der Waals surface area contributed by atoms with Gasteiger partial charge in [0.15, 0.2) is 0 Å². The lowest BCUT2D eigenvalue weighted by Gasteiger charge is -2.17. The lowest BCUT2D eigenvalue weighted by Crippen LogP contribution is -2.25.